The van der Waals surface area contributed by atoms with Crippen LogP contribution >= 0.6 is 0 Å². The molecule has 3 N–H and O–H groups in total. The first-order valence-electron chi connectivity index (χ1n) is 11.8. The monoisotopic (exact) mass is 451 g/mol. The van der Waals surface area contributed by atoms with Gasteiger partial charge in [-0.05, 0) is 32.1 Å². The molecule has 2 aliphatic rings. The van der Waals surface area contributed by atoms with Crippen molar-refractivity contribution in [1.82, 2.24) is 19.5 Å². The number of fused-ring (bicyclic) bond motifs is 1. The average molecular weight is 451 g/mol. The molecule has 0 spiro atoms. The summed E-state index contributed by atoms with van der Waals surface area (Å²) in [6.45, 7) is -2.49. The third kappa shape index (κ3) is 4.09. The summed E-state index contributed by atoms with van der Waals surface area (Å²) in [5, 5.41) is 15.4. The second-order valence-electron chi connectivity index (χ2n) is 7.87. The molecule has 1 saturated carbocycles. The van der Waals surface area contributed by atoms with E-state index in [2.05, 4.69) is 25.6 Å². The zero-order chi connectivity index (χ0) is 25.0. The van der Waals surface area contributed by atoms with Gasteiger partial charge in [0, 0.05) is 24.7 Å². The number of ether oxygens (including phenoxy) is 1. The number of hydrogen-bond donors (Lipinski definition) is 3. The minimum atomic E-state index is -2.11. The fourth-order valence-corrected chi connectivity index (χ4v) is 3.97. The molecule has 0 bridgehead atoms. The lowest BCUT2D eigenvalue weighted by Gasteiger charge is -2.26. The van der Waals surface area contributed by atoms with Crippen LogP contribution in [0.3, 0.4) is 0 Å². The summed E-state index contributed by atoms with van der Waals surface area (Å²) in [6, 6.07) is -0.709. The number of anilines is 3. The van der Waals surface area contributed by atoms with Crippen LogP contribution < -0.4 is 10.6 Å². The van der Waals surface area contributed by atoms with E-state index in [9.17, 15) is 18.3 Å². The highest BCUT2D eigenvalue weighted by Crippen LogP contribution is 2.32. The fraction of sp³-hybridized carbons (Fsp3) is 0.476. The zero-order valence-electron chi connectivity index (χ0n) is 19.9. The van der Waals surface area contributed by atoms with E-state index in [1.54, 1.807) is 0 Å². The Morgan fingerprint density at radius 3 is 2.56 bits per heavy atom. The Balaban J connectivity index is 1.57. The molecule has 0 radical (unpaired) electrons. The zero-order valence-corrected chi connectivity index (χ0v) is 16.9. The van der Waals surface area contributed by atoms with Crippen molar-refractivity contribution < 1.29 is 27.1 Å². The van der Waals surface area contributed by atoms with Crippen molar-refractivity contribution in [3.8, 4) is 0 Å². The molecule has 1 aromatic carbocycles. The number of aliphatic hydroxyl groups is 1. The van der Waals surface area contributed by atoms with Crippen LogP contribution in [-0.4, -0.2) is 49.9 Å². The van der Waals surface area contributed by atoms with Gasteiger partial charge in [0.15, 0.2) is 17.3 Å². The first kappa shape index (κ1) is 17.6. The summed E-state index contributed by atoms with van der Waals surface area (Å²) in [6.07, 6.45) is 3.37. The third-order valence-electron chi connectivity index (χ3n) is 5.61. The van der Waals surface area contributed by atoms with Crippen molar-refractivity contribution in [2.75, 3.05) is 23.8 Å². The lowest BCUT2D eigenvalue weighted by Crippen LogP contribution is -2.29. The Bertz CT molecular complexity index is 1250. The van der Waals surface area contributed by atoms with Gasteiger partial charge in [0.2, 0.25) is 11.9 Å². The molecular formula is C21H23F3N6O2. The number of nitrogens with one attached hydrogen (secondary N) is 2. The number of rotatable bonds is 5. The molecule has 3 heterocycles. The van der Waals surface area contributed by atoms with Crippen LogP contribution in [0.5, 0.6) is 0 Å². The van der Waals surface area contributed by atoms with Crippen molar-refractivity contribution in [3.05, 3.63) is 35.8 Å². The molecule has 3 aromatic rings. The highest BCUT2D eigenvalue weighted by molar-refractivity contribution is 5.76. The molecule has 1 atom stereocenters. The average Bonchev–Trinajstić information content (AvgIpc) is 3.28. The third-order valence-corrected chi connectivity index (χ3v) is 5.61. The summed E-state index contributed by atoms with van der Waals surface area (Å²) in [5.74, 6) is -3.47. The number of nitrogens with zero attached hydrogens (tertiary/aromatic N) is 4. The highest BCUT2D eigenvalue weighted by Gasteiger charge is 2.27. The summed E-state index contributed by atoms with van der Waals surface area (Å²) in [5.41, 5.74) is -0.361. The smallest absolute Gasteiger partial charge is 0.224 e. The van der Waals surface area contributed by atoms with E-state index >= 15 is 0 Å². The van der Waals surface area contributed by atoms with E-state index in [1.807, 2.05) is 0 Å². The minimum absolute atomic E-state index is 0.0288. The van der Waals surface area contributed by atoms with E-state index < -0.39 is 42.1 Å². The number of benzene rings is 1. The molecule has 8 nitrogen and oxygen atoms in total. The lowest BCUT2D eigenvalue weighted by molar-refractivity contribution is 0.126. The van der Waals surface area contributed by atoms with Crippen LogP contribution in [0.1, 0.15) is 42.2 Å². The van der Waals surface area contributed by atoms with Crippen molar-refractivity contribution in [1.29, 1.82) is 0 Å². The molecule has 0 amide bonds. The predicted octanol–water partition coefficient (Wildman–Crippen LogP) is 3.66. The second-order valence-corrected chi connectivity index (χ2v) is 7.87. The maximum atomic E-state index is 14.4. The number of aromatic nitrogens is 4. The number of halogens is 3. The molecule has 1 aliphatic carbocycles. The summed E-state index contributed by atoms with van der Waals surface area (Å²) in [4.78, 5) is 13.0. The normalized spacial score (nSPS) is 28.8. The maximum Gasteiger partial charge on any atom is 0.224 e. The van der Waals surface area contributed by atoms with E-state index in [0.717, 1.165) is 0 Å². The lowest BCUT2D eigenvalue weighted by atomic mass is 9.93. The van der Waals surface area contributed by atoms with Crippen molar-refractivity contribution >= 4 is 28.7 Å². The van der Waals surface area contributed by atoms with E-state index in [0.29, 0.717) is 37.8 Å². The van der Waals surface area contributed by atoms with Crippen LogP contribution in [0.25, 0.3) is 11.2 Å². The van der Waals surface area contributed by atoms with Gasteiger partial charge < -0.3 is 20.5 Å². The first-order valence-corrected chi connectivity index (χ1v) is 10.3. The summed E-state index contributed by atoms with van der Waals surface area (Å²) in [7, 11) is 0. The van der Waals surface area contributed by atoms with Crippen LogP contribution in [-0.2, 0) is 4.74 Å². The van der Waals surface area contributed by atoms with Crippen molar-refractivity contribution in [2.45, 2.75) is 50.3 Å². The van der Waals surface area contributed by atoms with Gasteiger partial charge in [-0.3, -0.25) is 4.57 Å². The van der Waals surface area contributed by atoms with Gasteiger partial charge in [0.1, 0.15) is 17.0 Å². The Labute approximate surface area is 186 Å². The second kappa shape index (κ2) is 8.55. The van der Waals surface area contributed by atoms with Gasteiger partial charge in [-0.1, -0.05) is 0 Å². The molecule has 32 heavy (non-hydrogen) atoms. The van der Waals surface area contributed by atoms with Gasteiger partial charge in [0.25, 0.3) is 0 Å². The SMILES string of the molecule is [2H]C1([2H])CC([2H])(n2c(Nc3c(F)cc(F)cc3F)nc3cnc(NC4CCC(O)CC4)nc32)CO1. The molecule has 2 aromatic heterocycles. The van der Waals surface area contributed by atoms with Crippen LogP contribution in [0.4, 0.5) is 30.8 Å². The van der Waals surface area contributed by atoms with E-state index in [-0.39, 0.29) is 41.8 Å². The van der Waals surface area contributed by atoms with Crippen LogP contribution in [0.2, 0.25) is 0 Å². The van der Waals surface area contributed by atoms with Gasteiger partial charge in [0.05, 0.1) is 29.0 Å². The van der Waals surface area contributed by atoms with Crippen LogP contribution in [0, 0.1) is 17.5 Å². The molecule has 170 valence electrons. The maximum absolute atomic E-state index is 14.4. The molecule has 1 aliphatic heterocycles. The Hall–Kier alpha value is -2.92. The van der Waals surface area contributed by atoms with Crippen molar-refractivity contribution in [2.24, 2.45) is 0 Å². The Morgan fingerprint density at radius 1 is 1.12 bits per heavy atom. The summed E-state index contributed by atoms with van der Waals surface area (Å²) < 4.78 is 73.2. The predicted molar refractivity (Wildman–Crippen MR) is 111 cm³/mol. The quantitative estimate of drug-likeness (QED) is 0.545. The Morgan fingerprint density at radius 2 is 1.88 bits per heavy atom. The van der Waals surface area contributed by atoms with Gasteiger partial charge in [-0.2, -0.15) is 4.98 Å². The van der Waals surface area contributed by atoms with E-state index in [4.69, 9.17) is 8.85 Å². The standard InChI is InChI=1S/C21H23F3N6O2/c22-11-7-15(23)18(16(24)8-11)28-21-27-17-9-25-20(26-12-1-3-14(31)4-2-12)29-19(17)30(21)13-5-6-32-10-13/h7-9,12-14,31H,1-6,10H2,(H,27,28)(H,25,26,29)/i6D2,13D. The minimum Gasteiger partial charge on any atom is -0.393 e. The topological polar surface area (TPSA) is 97.1 Å². The Kier molecular flexibility index (Phi) is 4.71. The molecule has 1 unspecified atom stereocenters. The number of aliphatic hydroxyl groups excluding tert-OH is 1. The van der Waals surface area contributed by atoms with Gasteiger partial charge >= 0.3 is 0 Å². The van der Waals surface area contributed by atoms with Gasteiger partial charge in [-0.25, -0.2) is 23.1 Å². The fourth-order valence-electron chi connectivity index (χ4n) is 3.97. The van der Waals surface area contributed by atoms with Crippen LogP contribution in [0.15, 0.2) is 18.3 Å². The molecule has 11 heteroatoms. The van der Waals surface area contributed by atoms with E-state index in [1.165, 1.54) is 10.8 Å². The molecule has 5 rings (SSSR count). The molecule has 1 saturated heterocycles. The van der Waals surface area contributed by atoms with Gasteiger partial charge in [-0.15, -0.1) is 0 Å². The number of hydrogen-bond acceptors (Lipinski definition) is 7. The first-order chi connectivity index (χ1) is 16.5. The molecule has 2 fully saturated rings. The molecular weight excluding hydrogens is 425 g/mol. The van der Waals surface area contributed by atoms with Crippen molar-refractivity contribution in [3.63, 3.8) is 0 Å². The number of imidazole rings is 1. The largest absolute Gasteiger partial charge is 0.393 e. The summed E-state index contributed by atoms with van der Waals surface area (Å²) >= 11 is 0. The highest BCUT2D eigenvalue weighted by atomic mass is 19.1.